The molecule has 2 aliphatic rings. The van der Waals surface area contributed by atoms with E-state index >= 15 is 0 Å². The second-order valence-electron chi connectivity index (χ2n) is 8.93. The van der Waals surface area contributed by atoms with E-state index in [1.807, 2.05) is 24.3 Å². The molecule has 1 atom stereocenters. The van der Waals surface area contributed by atoms with Gasteiger partial charge in [-0.3, -0.25) is 14.9 Å². The molecule has 1 amide bonds. The number of aliphatic carboxylic acids is 1. The fourth-order valence-electron chi connectivity index (χ4n) is 4.31. The predicted molar refractivity (Wildman–Crippen MR) is 135 cm³/mol. The summed E-state index contributed by atoms with van der Waals surface area (Å²) >= 11 is 7.07. The topological polar surface area (TPSA) is 123 Å². The number of amides is 1. The first-order chi connectivity index (χ1) is 17.2. The number of carbonyl (C=O) groups excluding carboxylic acids is 1. The van der Waals surface area contributed by atoms with E-state index < -0.39 is 27.8 Å². The Bertz CT molecular complexity index is 1390. The standard InChI is InChI=1S/C25H23ClN2O6S2/c26-23-20(13-21(29)30)27-25(35-23)28-24(31)22(34-17-11-15-3-1-2-4-16(15)12-17)14-5-7-18(8-6-14)36(32,33)19-9-10-19/h1-8,17,19,22H,9-13H2,(H,29,30)(H,27,28,31). The third-order valence-corrected chi connectivity index (χ3v) is 9.78. The van der Waals surface area contributed by atoms with Crippen molar-refractivity contribution in [3.63, 3.8) is 0 Å². The number of carboxylic acids is 1. The zero-order valence-corrected chi connectivity index (χ0v) is 21.4. The molecule has 0 saturated heterocycles. The molecule has 0 bridgehead atoms. The highest BCUT2D eigenvalue weighted by Gasteiger charge is 2.37. The molecule has 11 heteroatoms. The van der Waals surface area contributed by atoms with E-state index in [0.29, 0.717) is 31.2 Å². The molecule has 2 N–H and O–H groups in total. The van der Waals surface area contributed by atoms with Gasteiger partial charge in [-0.05, 0) is 54.5 Å². The summed E-state index contributed by atoms with van der Waals surface area (Å²) in [6.45, 7) is 0. The second kappa shape index (κ2) is 9.93. The molecule has 1 aromatic heterocycles. The maximum Gasteiger partial charge on any atom is 0.309 e. The summed E-state index contributed by atoms with van der Waals surface area (Å²) in [5.74, 6) is -1.58. The van der Waals surface area contributed by atoms with E-state index in [4.69, 9.17) is 21.4 Å². The number of hydrogen-bond acceptors (Lipinski definition) is 7. The third-order valence-electron chi connectivity index (χ3n) is 6.25. The van der Waals surface area contributed by atoms with Gasteiger partial charge in [0.05, 0.1) is 28.4 Å². The third kappa shape index (κ3) is 5.31. The molecule has 8 nitrogen and oxygen atoms in total. The minimum absolute atomic E-state index is 0.164. The summed E-state index contributed by atoms with van der Waals surface area (Å²) in [6.07, 6.45) is 1.01. The number of hydrogen-bond donors (Lipinski definition) is 2. The molecule has 5 rings (SSSR count). The van der Waals surface area contributed by atoms with E-state index in [1.165, 1.54) is 12.1 Å². The molecule has 0 radical (unpaired) electrons. The van der Waals surface area contributed by atoms with Crippen molar-refractivity contribution in [1.82, 2.24) is 4.98 Å². The van der Waals surface area contributed by atoms with Crippen LogP contribution in [0.4, 0.5) is 5.13 Å². The Balaban J connectivity index is 1.39. The highest BCUT2D eigenvalue weighted by Crippen LogP contribution is 2.35. The number of thiazole rings is 1. The van der Waals surface area contributed by atoms with Crippen LogP contribution in [0.25, 0.3) is 0 Å². The number of halogens is 1. The highest BCUT2D eigenvalue weighted by molar-refractivity contribution is 7.92. The van der Waals surface area contributed by atoms with Gasteiger partial charge in [0.15, 0.2) is 21.1 Å². The Morgan fingerprint density at radius 3 is 2.33 bits per heavy atom. The van der Waals surface area contributed by atoms with Crippen LogP contribution in [0.2, 0.25) is 4.34 Å². The number of carboxylic acid groups (broad SMARTS) is 1. The summed E-state index contributed by atoms with van der Waals surface area (Å²) < 4.78 is 31.7. The molecule has 0 spiro atoms. The molecule has 188 valence electrons. The van der Waals surface area contributed by atoms with Crippen molar-refractivity contribution in [3.8, 4) is 0 Å². The van der Waals surface area contributed by atoms with Crippen molar-refractivity contribution >= 4 is 49.8 Å². The maximum atomic E-state index is 13.4. The Labute approximate surface area is 217 Å². The number of nitrogens with zero attached hydrogens (tertiary/aromatic N) is 1. The zero-order valence-electron chi connectivity index (χ0n) is 19.0. The lowest BCUT2D eigenvalue weighted by molar-refractivity contribution is -0.136. The normalized spacial score (nSPS) is 16.5. The van der Waals surface area contributed by atoms with Gasteiger partial charge in [0.2, 0.25) is 0 Å². The van der Waals surface area contributed by atoms with Crippen LogP contribution in [0, 0.1) is 0 Å². The van der Waals surface area contributed by atoms with Gasteiger partial charge in [-0.15, -0.1) is 0 Å². The number of fused-ring (bicyclic) bond motifs is 1. The van der Waals surface area contributed by atoms with Crippen LogP contribution in [0.15, 0.2) is 53.4 Å². The van der Waals surface area contributed by atoms with Crippen molar-refractivity contribution in [2.45, 2.75) is 54.5 Å². The zero-order chi connectivity index (χ0) is 25.4. The van der Waals surface area contributed by atoms with E-state index in [0.717, 1.165) is 22.5 Å². The highest BCUT2D eigenvalue weighted by atomic mass is 35.5. The number of nitrogens with one attached hydrogen (secondary N) is 1. The molecular weight excluding hydrogens is 524 g/mol. The first-order valence-electron chi connectivity index (χ1n) is 11.4. The Hall–Kier alpha value is -2.79. The maximum absolute atomic E-state index is 13.4. The fraction of sp³-hybridized carbons (Fsp3) is 0.320. The van der Waals surface area contributed by atoms with Gasteiger partial charge in [-0.25, -0.2) is 13.4 Å². The Kier molecular flexibility index (Phi) is 6.86. The van der Waals surface area contributed by atoms with E-state index in [9.17, 15) is 18.0 Å². The number of anilines is 1. The monoisotopic (exact) mass is 546 g/mol. The molecule has 1 unspecified atom stereocenters. The van der Waals surface area contributed by atoms with Gasteiger partial charge in [-0.2, -0.15) is 0 Å². The molecule has 2 aromatic carbocycles. The lowest BCUT2D eigenvalue weighted by Gasteiger charge is -2.22. The van der Waals surface area contributed by atoms with Crippen molar-refractivity contribution in [1.29, 1.82) is 0 Å². The number of sulfone groups is 1. The molecule has 3 aromatic rings. The molecule has 1 fully saturated rings. The fourth-order valence-corrected chi connectivity index (χ4v) is 7.01. The van der Waals surface area contributed by atoms with E-state index in [-0.39, 0.29) is 37.8 Å². The molecule has 1 saturated carbocycles. The summed E-state index contributed by atoms with van der Waals surface area (Å²) in [7, 11) is -3.36. The number of rotatable bonds is 9. The van der Waals surface area contributed by atoms with Crippen LogP contribution in [-0.4, -0.2) is 41.7 Å². The first kappa shape index (κ1) is 24.9. The number of aromatic nitrogens is 1. The van der Waals surface area contributed by atoms with Gasteiger partial charge in [0, 0.05) is 0 Å². The van der Waals surface area contributed by atoms with Crippen LogP contribution in [0.3, 0.4) is 0 Å². The summed E-state index contributed by atoms with van der Waals surface area (Å²) in [5.41, 5.74) is 3.00. The minimum Gasteiger partial charge on any atom is -0.481 e. The number of ether oxygens (including phenoxy) is 1. The lowest BCUT2D eigenvalue weighted by Crippen LogP contribution is -2.28. The van der Waals surface area contributed by atoms with Crippen molar-refractivity contribution in [2.24, 2.45) is 0 Å². The average molecular weight is 547 g/mol. The Morgan fingerprint density at radius 1 is 1.11 bits per heavy atom. The van der Waals surface area contributed by atoms with Crippen LogP contribution < -0.4 is 5.32 Å². The van der Waals surface area contributed by atoms with E-state index in [2.05, 4.69) is 10.3 Å². The van der Waals surface area contributed by atoms with Crippen LogP contribution in [0.1, 0.15) is 41.3 Å². The number of benzene rings is 2. The molecular formula is C25H23ClN2O6S2. The van der Waals surface area contributed by atoms with Crippen molar-refractivity contribution in [2.75, 3.05) is 5.32 Å². The van der Waals surface area contributed by atoms with Gasteiger partial charge in [-0.1, -0.05) is 59.3 Å². The second-order valence-corrected chi connectivity index (χ2v) is 12.8. The largest absolute Gasteiger partial charge is 0.481 e. The summed E-state index contributed by atoms with van der Waals surface area (Å²) in [4.78, 5) is 28.8. The SMILES string of the molecule is O=C(O)Cc1nc(NC(=O)C(OC2Cc3ccccc3C2)c2ccc(S(=O)(=O)C3CC3)cc2)sc1Cl. The van der Waals surface area contributed by atoms with E-state index in [1.54, 1.807) is 12.1 Å². The Morgan fingerprint density at radius 2 is 1.75 bits per heavy atom. The molecule has 0 aliphatic heterocycles. The summed E-state index contributed by atoms with van der Waals surface area (Å²) in [6, 6.07) is 14.2. The predicted octanol–water partition coefficient (Wildman–Crippen LogP) is 4.22. The minimum atomic E-state index is -3.36. The molecule has 1 heterocycles. The molecule has 36 heavy (non-hydrogen) atoms. The van der Waals surface area contributed by atoms with Crippen molar-refractivity contribution in [3.05, 3.63) is 75.3 Å². The first-order valence-corrected chi connectivity index (χ1v) is 14.2. The summed E-state index contributed by atoms with van der Waals surface area (Å²) in [5, 5.41) is 11.6. The van der Waals surface area contributed by atoms with Crippen molar-refractivity contribution < 1.29 is 27.9 Å². The van der Waals surface area contributed by atoms with Gasteiger partial charge < -0.3 is 9.84 Å². The smallest absolute Gasteiger partial charge is 0.309 e. The van der Waals surface area contributed by atoms with Gasteiger partial charge in [0.25, 0.3) is 5.91 Å². The number of carbonyl (C=O) groups is 2. The lowest BCUT2D eigenvalue weighted by atomic mass is 10.1. The quantitative estimate of drug-likeness (QED) is 0.412. The van der Waals surface area contributed by atoms with Gasteiger partial charge >= 0.3 is 5.97 Å². The molecule has 2 aliphatic carbocycles. The van der Waals surface area contributed by atoms with Crippen LogP contribution in [-0.2, 0) is 43.4 Å². The van der Waals surface area contributed by atoms with Gasteiger partial charge in [0.1, 0.15) is 4.34 Å². The average Bonchev–Trinajstić information content (AvgIpc) is 3.54. The van der Waals surface area contributed by atoms with Crippen LogP contribution >= 0.6 is 22.9 Å². The van der Waals surface area contributed by atoms with Crippen LogP contribution in [0.5, 0.6) is 0 Å².